The van der Waals surface area contributed by atoms with Gasteiger partial charge in [0.15, 0.2) is 0 Å². The molecule has 0 fully saturated rings. The van der Waals surface area contributed by atoms with E-state index in [0.29, 0.717) is 0 Å². The number of pyridine rings is 1. The summed E-state index contributed by atoms with van der Waals surface area (Å²) in [5, 5.41) is 5.69. The van der Waals surface area contributed by atoms with Crippen molar-refractivity contribution in [2.75, 3.05) is 6.54 Å². The van der Waals surface area contributed by atoms with Gasteiger partial charge in [-0.15, -0.1) is 11.3 Å². The highest BCUT2D eigenvalue weighted by atomic mass is 32.1. The third-order valence-electron chi connectivity index (χ3n) is 3.76. The fourth-order valence-electron chi connectivity index (χ4n) is 2.64. The molecule has 108 valence electrons. The molecule has 2 heterocycles. The molecule has 0 aliphatic carbocycles. The first kappa shape index (κ1) is 14.2. The summed E-state index contributed by atoms with van der Waals surface area (Å²) in [5.41, 5.74) is 5.01. The lowest BCUT2D eigenvalue weighted by atomic mass is 9.97. The van der Waals surface area contributed by atoms with Gasteiger partial charge in [-0.05, 0) is 47.2 Å². The molecule has 0 spiro atoms. The van der Waals surface area contributed by atoms with E-state index in [2.05, 4.69) is 65.9 Å². The molecule has 0 amide bonds. The molecule has 21 heavy (non-hydrogen) atoms. The Morgan fingerprint density at radius 3 is 2.86 bits per heavy atom. The third kappa shape index (κ3) is 2.99. The van der Waals surface area contributed by atoms with Crippen LogP contribution >= 0.6 is 11.3 Å². The van der Waals surface area contributed by atoms with Crippen LogP contribution < -0.4 is 5.32 Å². The number of nitrogens with one attached hydrogen (secondary N) is 1. The first-order valence-electron chi connectivity index (χ1n) is 7.47. The predicted molar refractivity (Wildman–Crippen MR) is 91.0 cm³/mol. The Morgan fingerprint density at radius 2 is 2.05 bits per heavy atom. The maximum atomic E-state index is 4.58. The van der Waals surface area contributed by atoms with E-state index >= 15 is 0 Å². The zero-order chi connectivity index (χ0) is 14.7. The molecule has 0 bridgehead atoms. The van der Waals surface area contributed by atoms with Crippen LogP contribution in [-0.2, 0) is 6.42 Å². The Kier molecular flexibility index (Phi) is 4.32. The summed E-state index contributed by atoms with van der Waals surface area (Å²) in [7, 11) is 0. The predicted octanol–water partition coefficient (Wildman–Crippen LogP) is 4.56. The Balaban J connectivity index is 2.03. The Bertz CT molecular complexity index is 733. The molecular weight excluding hydrogens is 276 g/mol. The summed E-state index contributed by atoms with van der Waals surface area (Å²) < 4.78 is 1.25. The highest BCUT2D eigenvalue weighted by molar-refractivity contribution is 7.17. The Labute approximate surface area is 129 Å². The molecular formula is C18H20N2S. The van der Waals surface area contributed by atoms with Gasteiger partial charge in [-0.25, -0.2) is 0 Å². The van der Waals surface area contributed by atoms with E-state index < -0.39 is 0 Å². The van der Waals surface area contributed by atoms with E-state index in [4.69, 9.17) is 0 Å². The van der Waals surface area contributed by atoms with Crippen molar-refractivity contribution in [2.45, 2.75) is 26.3 Å². The van der Waals surface area contributed by atoms with Crippen molar-refractivity contribution in [2.24, 2.45) is 0 Å². The fourth-order valence-corrected chi connectivity index (χ4v) is 3.43. The Hall–Kier alpha value is -1.71. The van der Waals surface area contributed by atoms with E-state index in [9.17, 15) is 0 Å². The first-order chi connectivity index (χ1) is 10.3. The molecule has 0 radical (unpaired) electrons. The monoisotopic (exact) mass is 296 g/mol. The van der Waals surface area contributed by atoms with E-state index in [1.165, 1.54) is 21.4 Å². The zero-order valence-corrected chi connectivity index (χ0v) is 13.3. The minimum absolute atomic E-state index is 0.209. The normalized spacial score (nSPS) is 12.7. The second-order valence-corrected chi connectivity index (χ2v) is 6.11. The van der Waals surface area contributed by atoms with E-state index in [0.717, 1.165) is 18.5 Å². The highest BCUT2D eigenvalue weighted by Crippen LogP contribution is 2.27. The maximum Gasteiger partial charge on any atom is 0.0809 e. The van der Waals surface area contributed by atoms with Gasteiger partial charge in [0.1, 0.15) is 0 Å². The van der Waals surface area contributed by atoms with Gasteiger partial charge in [0, 0.05) is 6.20 Å². The molecule has 3 rings (SSSR count). The van der Waals surface area contributed by atoms with Crippen LogP contribution in [0.5, 0.6) is 0 Å². The quantitative estimate of drug-likeness (QED) is 0.746. The molecule has 2 nitrogen and oxygen atoms in total. The van der Waals surface area contributed by atoms with Gasteiger partial charge in [-0.1, -0.05) is 38.1 Å². The van der Waals surface area contributed by atoms with E-state index in [-0.39, 0.29) is 6.04 Å². The number of thiophene rings is 1. The average molecular weight is 296 g/mol. The number of rotatable bonds is 5. The van der Waals surface area contributed by atoms with Crippen molar-refractivity contribution in [3.8, 4) is 0 Å². The molecule has 1 atom stereocenters. The lowest BCUT2D eigenvalue weighted by Gasteiger charge is -2.19. The van der Waals surface area contributed by atoms with E-state index in [1.807, 2.05) is 6.20 Å². The summed E-state index contributed by atoms with van der Waals surface area (Å²) >= 11 is 1.75. The van der Waals surface area contributed by atoms with Crippen molar-refractivity contribution >= 4 is 21.6 Å². The van der Waals surface area contributed by atoms with Crippen molar-refractivity contribution < 1.29 is 0 Å². The highest BCUT2D eigenvalue weighted by Gasteiger charge is 2.14. The second kappa shape index (κ2) is 6.37. The van der Waals surface area contributed by atoms with Crippen molar-refractivity contribution in [3.63, 3.8) is 0 Å². The van der Waals surface area contributed by atoms with Crippen LogP contribution in [0.2, 0.25) is 0 Å². The van der Waals surface area contributed by atoms with Gasteiger partial charge >= 0.3 is 0 Å². The smallest absolute Gasteiger partial charge is 0.0809 e. The van der Waals surface area contributed by atoms with Crippen LogP contribution in [0.4, 0.5) is 0 Å². The number of aromatic nitrogens is 1. The number of benzene rings is 1. The second-order valence-electron chi connectivity index (χ2n) is 5.16. The minimum atomic E-state index is 0.209. The molecule has 3 heteroatoms. The third-order valence-corrected chi connectivity index (χ3v) is 4.61. The van der Waals surface area contributed by atoms with Crippen LogP contribution in [-0.4, -0.2) is 11.5 Å². The standard InChI is InChI=1S/C18H20N2S/c1-3-13-6-5-7-14(10-13)18(19-4-2)15-11-17-16(20-12-15)8-9-21-17/h5-12,18-19H,3-4H2,1-2H3. The van der Waals surface area contributed by atoms with Gasteiger partial charge in [0.2, 0.25) is 0 Å². The summed E-state index contributed by atoms with van der Waals surface area (Å²) in [6.45, 7) is 5.28. The number of nitrogens with zero attached hydrogens (tertiary/aromatic N) is 1. The number of hydrogen-bond donors (Lipinski definition) is 1. The number of fused-ring (bicyclic) bond motifs is 1. The molecule has 1 aromatic carbocycles. The molecule has 0 saturated heterocycles. The number of aryl methyl sites for hydroxylation is 1. The van der Waals surface area contributed by atoms with Crippen molar-refractivity contribution in [1.29, 1.82) is 0 Å². The zero-order valence-electron chi connectivity index (χ0n) is 12.5. The molecule has 1 unspecified atom stereocenters. The molecule has 0 saturated carbocycles. The summed E-state index contributed by atoms with van der Waals surface area (Å²) in [6.07, 6.45) is 3.07. The summed E-state index contributed by atoms with van der Waals surface area (Å²) in [4.78, 5) is 4.58. The van der Waals surface area contributed by atoms with Crippen LogP contribution in [0.25, 0.3) is 10.2 Å². The largest absolute Gasteiger partial charge is 0.306 e. The lowest BCUT2D eigenvalue weighted by molar-refractivity contribution is 0.629. The number of hydrogen-bond acceptors (Lipinski definition) is 3. The SMILES string of the molecule is CCNC(c1cccc(CC)c1)c1cnc2ccsc2c1. The molecule has 3 aromatic rings. The van der Waals surface area contributed by atoms with Crippen LogP contribution in [0, 0.1) is 0 Å². The molecule has 0 aliphatic heterocycles. The molecule has 1 N–H and O–H groups in total. The maximum absolute atomic E-state index is 4.58. The van der Waals surface area contributed by atoms with Gasteiger partial charge in [-0.3, -0.25) is 4.98 Å². The lowest BCUT2D eigenvalue weighted by Crippen LogP contribution is -2.22. The van der Waals surface area contributed by atoms with Gasteiger partial charge in [0.05, 0.1) is 16.3 Å². The molecule has 2 aromatic heterocycles. The van der Waals surface area contributed by atoms with Crippen LogP contribution in [0.3, 0.4) is 0 Å². The Morgan fingerprint density at radius 1 is 1.14 bits per heavy atom. The van der Waals surface area contributed by atoms with Crippen molar-refractivity contribution in [1.82, 2.24) is 10.3 Å². The van der Waals surface area contributed by atoms with Crippen molar-refractivity contribution in [3.05, 3.63) is 64.7 Å². The summed E-state index contributed by atoms with van der Waals surface area (Å²) in [5.74, 6) is 0. The fraction of sp³-hybridized carbons (Fsp3) is 0.278. The van der Waals surface area contributed by atoms with Crippen LogP contribution in [0.15, 0.2) is 48.0 Å². The molecule has 0 aliphatic rings. The van der Waals surface area contributed by atoms with E-state index in [1.54, 1.807) is 11.3 Å². The van der Waals surface area contributed by atoms with Gasteiger partial charge in [0.25, 0.3) is 0 Å². The topological polar surface area (TPSA) is 24.9 Å². The van der Waals surface area contributed by atoms with Gasteiger partial charge < -0.3 is 5.32 Å². The average Bonchev–Trinajstić information content (AvgIpc) is 3.00. The summed E-state index contributed by atoms with van der Waals surface area (Å²) in [6, 6.07) is 13.4. The first-order valence-corrected chi connectivity index (χ1v) is 8.35. The minimum Gasteiger partial charge on any atom is -0.306 e. The van der Waals surface area contributed by atoms with Crippen LogP contribution in [0.1, 0.15) is 36.6 Å². The van der Waals surface area contributed by atoms with Gasteiger partial charge in [-0.2, -0.15) is 0 Å².